The molecule has 0 saturated carbocycles. The zero-order valence-electron chi connectivity index (χ0n) is 9.44. The topological polar surface area (TPSA) is 111 Å². The van der Waals surface area contributed by atoms with Crippen molar-refractivity contribution in [3.8, 4) is 0 Å². The van der Waals surface area contributed by atoms with Crippen molar-refractivity contribution in [1.82, 2.24) is 9.55 Å². The Hall–Kier alpha value is -1.10. The van der Waals surface area contributed by atoms with Crippen molar-refractivity contribution in [3.63, 3.8) is 0 Å². The third kappa shape index (κ3) is 2.61. The molecule has 0 aliphatic carbocycles. The molecule has 0 amide bonds. The van der Waals surface area contributed by atoms with Gasteiger partial charge in [0, 0.05) is 6.20 Å². The Bertz CT molecular complexity index is 512. The average molecular weight is 344 g/mol. The molecule has 1 fully saturated rings. The summed E-state index contributed by atoms with van der Waals surface area (Å²) in [5, 5.41) is 18.1. The summed E-state index contributed by atoms with van der Waals surface area (Å²) in [4.78, 5) is 14.7. The summed E-state index contributed by atoms with van der Waals surface area (Å²) in [5.41, 5.74) is 4.21. The highest BCUT2D eigenvalue weighted by molar-refractivity contribution is 8.93. The van der Waals surface area contributed by atoms with Gasteiger partial charge >= 0.3 is 11.6 Å². The molecule has 0 spiro atoms. The SMILES string of the molecule is Br.Nc1ccn(C2O[C@H](CO)C(O)C2(F)F)c(=O)n1. The van der Waals surface area contributed by atoms with Gasteiger partial charge in [-0.25, -0.2) is 4.79 Å². The van der Waals surface area contributed by atoms with Crippen LogP contribution in [0.2, 0.25) is 0 Å². The lowest BCUT2D eigenvalue weighted by atomic mass is 10.1. The van der Waals surface area contributed by atoms with Crippen LogP contribution in [-0.2, 0) is 4.74 Å². The van der Waals surface area contributed by atoms with Gasteiger partial charge in [-0.3, -0.25) is 4.57 Å². The van der Waals surface area contributed by atoms with E-state index in [0.717, 1.165) is 12.3 Å². The summed E-state index contributed by atoms with van der Waals surface area (Å²) in [5.74, 6) is -3.83. The van der Waals surface area contributed by atoms with Gasteiger partial charge in [0.25, 0.3) is 0 Å². The third-order valence-electron chi connectivity index (χ3n) is 2.66. The lowest BCUT2D eigenvalue weighted by Crippen LogP contribution is -2.41. The van der Waals surface area contributed by atoms with Gasteiger partial charge in [-0.2, -0.15) is 13.8 Å². The molecule has 108 valence electrons. The molecule has 2 heterocycles. The number of aromatic nitrogens is 2. The number of hydrogen-bond acceptors (Lipinski definition) is 6. The van der Waals surface area contributed by atoms with Crippen molar-refractivity contribution in [1.29, 1.82) is 0 Å². The number of aliphatic hydroxyl groups excluding tert-OH is 2. The minimum absolute atomic E-state index is 0. The number of nitrogens with zero attached hydrogens (tertiary/aromatic N) is 2. The second-order valence-electron chi connectivity index (χ2n) is 3.87. The number of aliphatic hydroxyl groups is 2. The Balaban J connectivity index is 0.00000180. The molecule has 7 nitrogen and oxygen atoms in total. The maximum atomic E-state index is 13.7. The van der Waals surface area contributed by atoms with E-state index in [1.807, 2.05) is 0 Å². The van der Waals surface area contributed by atoms with E-state index in [4.69, 9.17) is 15.6 Å². The Morgan fingerprint density at radius 2 is 2.21 bits per heavy atom. The van der Waals surface area contributed by atoms with Gasteiger partial charge in [0.05, 0.1) is 6.61 Å². The van der Waals surface area contributed by atoms with Gasteiger partial charge in [-0.15, -0.1) is 17.0 Å². The van der Waals surface area contributed by atoms with Gasteiger partial charge in [0.2, 0.25) is 6.23 Å². The zero-order chi connectivity index (χ0) is 13.5. The predicted octanol–water partition coefficient (Wildman–Crippen LogP) is -0.711. The second kappa shape index (κ2) is 5.49. The van der Waals surface area contributed by atoms with Crippen LogP contribution in [0, 0.1) is 0 Å². The summed E-state index contributed by atoms with van der Waals surface area (Å²) in [6, 6.07) is 1.15. The molecule has 19 heavy (non-hydrogen) atoms. The molecule has 0 aromatic carbocycles. The molecular formula is C9H12BrF2N3O4. The summed E-state index contributed by atoms with van der Waals surface area (Å²) in [7, 11) is 0. The number of alkyl halides is 2. The molecule has 4 N–H and O–H groups in total. The van der Waals surface area contributed by atoms with E-state index in [1.54, 1.807) is 0 Å². The van der Waals surface area contributed by atoms with E-state index < -0.39 is 36.7 Å². The van der Waals surface area contributed by atoms with Crippen molar-refractivity contribution in [2.45, 2.75) is 24.4 Å². The lowest BCUT2D eigenvalue weighted by molar-refractivity contribution is -0.140. The fourth-order valence-electron chi connectivity index (χ4n) is 1.72. The highest BCUT2D eigenvalue weighted by atomic mass is 79.9. The number of nitrogen functional groups attached to an aromatic ring is 1. The first-order chi connectivity index (χ1) is 8.37. The molecule has 1 aliphatic heterocycles. The molecule has 2 unspecified atom stereocenters. The second-order valence-corrected chi connectivity index (χ2v) is 3.87. The van der Waals surface area contributed by atoms with E-state index in [9.17, 15) is 18.7 Å². The molecular weight excluding hydrogens is 332 g/mol. The van der Waals surface area contributed by atoms with Crippen LogP contribution in [0.1, 0.15) is 6.23 Å². The summed E-state index contributed by atoms with van der Waals surface area (Å²) in [6.45, 7) is -0.787. The van der Waals surface area contributed by atoms with Crippen molar-refractivity contribution in [2.24, 2.45) is 0 Å². The van der Waals surface area contributed by atoms with Gasteiger partial charge in [0.15, 0.2) is 6.10 Å². The smallest absolute Gasteiger partial charge is 0.351 e. The van der Waals surface area contributed by atoms with Crippen molar-refractivity contribution in [3.05, 3.63) is 22.7 Å². The number of nitrogens with two attached hydrogens (primary N) is 1. The van der Waals surface area contributed by atoms with E-state index >= 15 is 0 Å². The minimum Gasteiger partial charge on any atom is -0.394 e. The molecule has 10 heteroatoms. The van der Waals surface area contributed by atoms with Crippen molar-refractivity contribution in [2.75, 3.05) is 12.3 Å². The molecule has 3 atom stereocenters. The fraction of sp³-hybridized carbons (Fsp3) is 0.556. The van der Waals surface area contributed by atoms with Gasteiger partial charge in [-0.05, 0) is 6.07 Å². The maximum Gasteiger partial charge on any atom is 0.351 e. The van der Waals surface area contributed by atoms with Crippen LogP contribution in [0.4, 0.5) is 14.6 Å². The van der Waals surface area contributed by atoms with Gasteiger partial charge in [-0.1, -0.05) is 0 Å². The van der Waals surface area contributed by atoms with Crippen LogP contribution in [0.3, 0.4) is 0 Å². The standard InChI is InChI=1S/C9H11F2N3O4.BrH/c10-9(11)6(16)4(3-15)18-7(9)14-2-1-5(12)13-8(14)17;/h1-2,4,6-7,15-16H,3H2,(H2,12,13,17);1H/t4-,6?,7?;/m1./s1. The van der Waals surface area contributed by atoms with Gasteiger partial charge in [0.1, 0.15) is 11.9 Å². The number of ether oxygens (including phenoxy) is 1. The van der Waals surface area contributed by atoms with Gasteiger partial charge < -0.3 is 20.7 Å². The first-order valence-corrected chi connectivity index (χ1v) is 5.04. The quantitative estimate of drug-likeness (QED) is 0.654. The Morgan fingerprint density at radius 1 is 1.58 bits per heavy atom. The Kier molecular flexibility index (Phi) is 4.61. The van der Waals surface area contributed by atoms with E-state index in [2.05, 4.69) is 4.98 Å². The predicted molar refractivity (Wildman–Crippen MR) is 65.2 cm³/mol. The molecule has 1 aromatic heterocycles. The summed E-state index contributed by atoms with van der Waals surface area (Å²) >= 11 is 0. The molecule has 0 bridgehead atoms. The van der Waals surface area contributed by atoms with Crippen LogP contribution in [0.15, 0.2) is 17.1 Å². The van der Waals surface area contributed by atoms with Crippen LogP contribution in [0.5, 0.6) is 0 Å². The van der Waals surface area contributed by atoms with Crippen molar-refractivity contribution >= 4 is 22.8 Å². The maximum absolute atomic E-state index is 13.7. The van der Waals surface area contributed by atoms with Crippen LogP contribution in [-0.4, -0.2) is 44.5 Å². The molecule has 2 rings (SSSR count). The monoisotopic (exact) mass is 343 g/mol. The highest BCUT2D eigenvalue weighted by Crippen LogP contribution is 2.41. The number of rotatable bonds is 2. The van der Waals surface area contributed by atoms with Crippen LogP contribution in [0.25, 0.3) is 0 Å². The number of hydrogen-bond donors (Lipinski definition) is 3. The first-order valence-electron chi connectivity index (χ1n) is 5.04. The zero-order valence-corrected chi connectivity index (χ0v) is 11.2. The number of anilines is 1. The van der Waals surface area contributed by atoms with Crippen molar-refractivity contribution < 1.29 is 23.7 Å². The fourth-order valence-corrected chi connectivity index (χ4v) is 1.72. The molecule has 1 saturated heterocycles. The van der Waals surface area contributed by atoms with Crippen LogP contribution < -0.4 is 11.4 Å². The summed E-state index contributed by atoms with van der Waals surface area (Å²) < 4.78 is 32.7. The van der Waals surface area contributed by atoms with Crippen LogP contribution >= 0.6 is 17.0 Å². The normalized spacial score (nSPS) is 28.9. The first kappa shape index (κ1) is 16.0. The number of halogens is 3. The van der Waals surface area contributed by atoms with E-state index in [-0.39, 0.29) is 22.8 Å². The third-order valence-corrected chi connectivity index (χ3v) is 2.66. The largest absolute Gasteiger partial charge is 0.394 e. The average Bonchev–Trinajstić information content (AvgIpc) is 2.52. The highest BCUT2D eigenvalue weighted by Gasteiger charge is 2.59. The Labute approximate surface area is 116 Å². The van der Waals surface area contributed by atoms with E-state index in [1.165, 1.54) is 0 Å². The molecule has 1 aromatic rings. The Morgan fingerprint density at radius 3 is 2.68 bits per heavy atom. The summed E-state index contributed by atoms with van der Waals surface area (Å²) in [6.07, 6.45) is -4.69. The minimum atomic E-state index is -3.71. The molecule has 1 aliphatic rings. The molecule has 0 radical (unpaired) electrons. The lowest BCUT2D eigenvalue weighted by Gasteiger charge is -2.20. The van der Waals surface area contributed by atoms with E-state index in [0.29, 0.717) is 4.57 Å².